The van der Waals surface area contributed by atoms with Gasteiger partial charge >= 0.3 is 0 Å². The second-order valence-electron chi connectivity index (χ2n) is 2.16. The molecule has 1 rings (SSSR count). The van der Waals surface area contributed by atoms with Crippen LogP contribution < -0.4 is 0 Å². The van der Waals surface area contributed by atoms with Gasteiger partial charge in [-0.1, -0.05) is 35.0 Å². The van der Waals surface area contributed by atoms with Crippen molar-refractivity contribution in [2.24, 2.45) is 5.16 Å². The number of nitrogens with zero attached hydrogens (tertiary/aromatic N) is 1. The number of rotatable bonds is 1. The van der Waals surface area contributed by atoms with Crippen LogP contribution in [0.15, 0.2) is 29.4 Å². The van der Waals surface area contributed by atoms with Crippen molar-refractivity contribution < 1.29 is 5.21 Å². The largest absolute Gasteiger partial charge is 0.411 e. The second kappa shape index (κ2) is 3.01. The molecule has 0 atom stereocenters. The zero-order valence-corrected chi connectivity index (χ0v) is 5.78. The third-order valence-corrected chi connectivity index (χ3v) is 1.25. The van der Waals surface area contributed by atoms with Crippen LogP contribution >= 0.6 is 0 Å². The minimum absolute atomic E-state index is 0.919. The average Bonchev–Trinajstić information content (AvgIpc) is 1.88. The van der Waals surface area contributed by atoms with Gasteiger partial charge in [0.05, 0.1) is 6.21 Å². The van der Waals surface area contributed by atoms with Crippen LogP contribution in [0.4, 0.5) is 0 Å². The summed E-state index contributed by atoms with van der Waals surface area (Å²) in [6, 6.07) is 7.74. The lowest BCUT2D eigenvalue weighted by molar-refractivity contribution is 0.322. The fraction of sp³-hybridized carbons (Fsp3) is 0.125. The summed E-state index contributed by atoms with van der Waals surface area (Å²) in [7, 11) is 0. The van der Waals surface area contributed by atoms with E-state index in [0.29, 0.717) is 0 Å². The zero-order chi connectivity index (χ0) is 7.40. The van der Waals surface area contributed by atoms with Crippen LogP contribution in [0.25, 0.3) is 0 Å². The van der Waals surface area contributed by atoms with E-state index in [1.165, 1.54) is 6.21 Å². The first-order valence-electron chi connectivity index (χ1n) is 3.07. The molecule has 0 bridgehead atoms. The molecule has 0 unspecified atom stereocenters. The molecule has 1 N–H and O–H groups in total. The van der Waals surface area contributed by atoms with E-state index in [0.717, 1.165) is 11.1 Å². The monoisotopic (exact) mass is 135 g/mol. The first-order chi connectivity index (χ1) is 4.83. The van der Waals surface area contributed by atoms with E-state index in [4.69, 9.17) is 5.21 Å². The van der Waals surface area contributed by atoms with Gasteiger partial charge < -0.3 is 5.21 Å². The van der Waals surface area contributed by atoms with Crippen molar-refractivity contribution in [2.45, 2.75) is 6.92 Å². The summed E-state index contributed by atoms with van der Waals surface area (Å²) in [5.74, 6) is 0. The summed E-state index contributed by atoms with van der Waals surface area (Å²) >= 11 is 0. The van der Waals surface area contributed by atoms with Gasteiger partial charge in [-0.05, 0) is 12.5 Å². The van der Waals surface area contributed by atoms with E-state index in [1.807, 2.05) is 31.2 Å². The van der Waals surface area contributed by atoms with Gasteiger partial charge in [0.1, 0.15) is 0 Å². The first kappa shape index (κ1) is 6.81. The van der Waals surface area contributed by atoms with Crippen LogP contribution in [0.2, 0.25) is 0 Å². The molecule has 1 aromatic carbocycles. The maximum Gasteiger partial charge on any atom is 0.0733 e. The SMILES string of the molecule is Cc1cccc(/C=N\O)c1. The lowest BCUT2D eigenvalue weighted by Crippen LogP contribution is -1.80. The van der Waals surface area contributed by atoms with E-state index in [2.05, 4.69) is 5.16 Å². The van der Waals surface area contributed by atoms with Crippen molar-refractivity contribution in [3.8, 4) is 0 Å². The Balaban J connectivity index is 2.95. The van der Waals surface area contributed by atoms with E-state index in [9.17, 15) is 0 Å². The maximum absolute atomic E-state index is 8.18. The molecule has 0 aliphatic heterocycles. The van der Waals surface area contributed by atoms with Crippen LogP contribution in [0, 0.1) is 6.92 Å². The van der Waals surface area contributed by atoms with Gasteiger partial charge in [-0.3, -0.25) is 0 Å². The van der Waals surface area contributed by atoms with Gasteiger partial charge in [0.25, 0.3) is 0 Å². The average molecular weight is 135 g/mol. The summed E-state index contributed by atoms with van der Waals surface area (Å²) in [4.78, 5) is 0. The van der Waals surface area contributed by atoms with E-state index >= 15 is 0 Å². The van der Waals surface area contributed by atoms with Crippen LogP contribution in [0.5, 0.6) is 0 Å². The number of oxime groups is 1. The maximum atomic E-state index is 8.18. The Kier molecular flexibility index (Phi) is 2.05. The van der Waals surface area contributed by atoms with Gasteiger partial charge in [-0.2, -0.15) is 0 Å². The standard InChI is InChI=1S/C8H9NO/c1-7-3-2-4-8(5-7)6-9-10/h2-6,10H,1H3/b9-6-. The van der Waals surface area contributed by atoms with E-state index in [-0.39, 0.29) is 0 Å². The molecule has 0 fully saturated rings. The molecular weight excluding hydrogens is 126 g/mol. The summed E-state index contributed by atoms with van der Waals surface area (Å²) in [6.07, 6.45) is 1.41. The number of aryl methyl sites for hydroxylation is 1. The van der Waals surface area contributed by atoms with E-state index < -0.39 is 0 Å². The van der Waals surface area contributed by atoms with Gasteiger partial charge in [0, 0.05) is 0 Å². The Morgan fingerprint density at radius 2 is 2.30 bits per heavy atom. The van der Waals surface area contributed by atoms with Crippen LogP contribution in [0.3, 0.4) is 0 Å². The summed E-state index contributed by atoms with van der Waals surface area (Å²) < 4.78 is 0. The van der Waals surface area contributed by atoms with Crippen molar-refractivity contribution in [1.29, 1.82) is 0 Å². The molecule has 0 saturated carbocycles. The molecular formula is C8H9NO. The highest BCUT2D eigenvalue weighted by molar-refractivity contribution is 5.79. The van der Waals surface area contributed by atoms with Gasteiger partial charge in [-0.15, -0.1) is 0 Å². The molecule has 0 aromatic heterocycles. The molecule has 0 aliphatic carbocycles. The molecule has 0 aliphatic rings. The highest BCUT2D eigenvalue weighted by Gasteiger charge is 1.86. The van der Waals surface area contributed by atoms with Crippen molar-refractivity contribution >= 4 is 6.21 Å². The Morgan fingerprint density at radius 3 is 2.90 bits per heavy atom. The predicted octanol–water partition coefficient (Wildman–Crippen LogP) is 1.80. The molecule has 2 nitrogen and oxygen atoms in total. The quantitative estimate of drug-likeness (QED) is 0.355. The minimum atomic E-state index is 0.919. The molecule has 0 heterocycles. The lowest BCUT2D eigenvalue weighted by atomic mass is 10.2. The summed E-state index contributed by atoms with van der Waals surface area (Å²) in [5.41, 5.74) is 2.08. The third-order valence-electron chi connectivity index (χ3n) is 1.25. The van der Waals surface area contributed by atoms with Crippen LogP contribution in [-0.2, 0) is 0 Å². The molecule has 2 heteroatoms. The van der Waals surface area contributed by atoms with Gasteiger partial charge in [0.15, 0.2) is 0 Å². The zero-order valence-electron chi connectivity index (χ0n) is 5.78. The number of hydrogen-bond donors (Lipinski definition) is 1. The molecule has 52 valence electrons. The van der Waals surface area contributed by atoms with Crippen molar-refractivity contribution in [3.63, 3.8) is 0 Å². The molecule has 0 radical (unpaired) electrons. The normalized spacial score (nSPS) is 10.5. The minimum Gasteiger partial charge on any atom is -0.411 e. The van der Waals surface area contributed by atoms with Crippen LogP contribution in [0.1, 0.15) is 11.1 Å². The smallest absolute Gasteiger partial charge is 0.0733 e. The summed E-state index contributed by atoms with van der Waals surface area (Å²) in [6.45, 7) is 1.99. The highest BCUT2D eigenvalue weighted by Crippen LogP contribution is 2.00. The van der Waals surface area contributed by atoms with Gasteiger partial charge in [-0.25, -0.2) is 0 Å². The fourth-order valence-electron chi connectivity index (χ4n) is 0.817. The van der Waals surface area contributed by atoms with Gasteiger partial charge in [0.2, 0.25) is 0 Å². The summed E-state index contributed by atoms with van der Waals surface area (Å²) in [5, 5.41) is 11.1. The van der Waals surface area contributed by atoms with Crippen molar-refractivity contribution in [2.75, 3.05) is 0 Å². The molecule has 10 heavy (non-hydrogen) atoms. The van der Waals surface area contributed by atoms with Crippen LogP contribution in [-0.4, -0.2) is 11.4 Å². The fourth-order valence-corrected chi connectivity index (χ4v) is 0.817. The number of hydrogen-bond acceptors (Lipinski definition) is 2. The predicted molar refractivity (Wildman–Crippen MR) is 40.6 cm³/mol. The van der Waals surface area contributed by atoms with Crippen molar-refractivity contribution in [1.82, 2.24) is 0 Å². The second-order valence-corrected chi connectivity index (χ2v) is 2.16. The van der Waals surface area contributed by atoms with Crippen molar-refractivity contribution in [3.05, 3.63) is 35.4 Å². The molecule has 1 aromatic rings. The lowest BCUT2D eigenvalue weighted by Gasteiger charge is -1.91. The Morgan fingerprint density at radius 1 is 1.50 bits per heavy atom. The molecule has 0 saturated heterocycles. The Labute approximate surface area is 59.8 Å². The highest BCUT2D eigenvalue weighted by atomic mass is 16.4. The number of benzene rings is 1. The first-order valence-corrected chi connectivity index (χ1v) is 3.07. The Hall–Kier alpha value is -1.31. The topological polar surface area (TPSA) is 32.6 Å². The Bertz CT molecular complexity index is 243. The third kappa shape index (κ3) is 1.58. The van der Waals surface area contributed by atoms with E-state index in [1.54, 1.807) is 0 Å². The molecule has 0 amide bonds. The molecule has 0 spiro atoms.